The van der Waals surface area contributed by atoms with Gasteiger partial charge in [0.25, 0.3) is 0 Å². The Balaban J connectivity index is 2.97. The van der Waals surface area contributed by atoms with Crippen molar-refractivity contribution in [3.05, 3.63) is 0 Å². The van der Waals surface area contributed by atoms with Gasteiger partial charge in [-0.1, -0.05) is 26.2 Å². The molecule has 0 saturated carbocycles. The average Bonchev–Trinajstić information content (AvgIpc) is 1.89. The minimum Gasteiger partial charge on any atom is -0.396 e. The van der Waals surface area contributed by atoms with Gasteiger partial charge in [0.15, 0.2) is 0 Å². The highest BCUT2D eigenvalue weighted by atomic mass is 19.1. The monoisotopic (exact) mass is 148 g/mol. The normalized spacial score (nSPS) is 13.5. The molecule has 0 radical (unpaired) electrons. The number of unbranched alkanes of at least 4 members (excludes halogenated alkanes) is 2. The molecular weight excluding hydrogens is 131 g/mol. The second-order valence-electron chi connectivity index (χ2n) is 2.61. The predicted octanol–water partition coefficient (Wildman–Crippen LogP) is 2.29. The molecule has 10 heavy (non-hydrogen) atoms. The Labute approximate surface area is 62.3 Å². The van der Waals surface area contributed by atoms with Gasteiger partial charge in [0.05, 0.1) is 0 Å². The zero-order valence-corrected chi connectivity index (χ0v) is 6.65. The summed E-state index contributed by atoms with van der Waals surface area (Å²) in [7, 11) is 0. The Morgan fingerprint density at radius 2 is 2.00 bits per heavy atom. The number of aliphatic hydroxyl groups excluding tert-OH is 1. The summed E-state index contributed by atoms with van der Waals surface area (Å²) in [5.41, 5.74) is 0. The first-order valence-electron chi connectivity index (χ1n) is 4.06. The molecule has 0 aliphatic rings. The summed E-state index contributed by atoms with van der Waals surface area (Å²) >= 11 is 0. The van der Waals surface area contributed by atoms with Gasteiger partial charge in [-0.05, 0) is 6.42 Å². The first-order chi connectivity index (χ1) is 4.81. The van der Waals surface area contributed by atoms with Crippen LogP contribution in [0.25, 0.3) is 0 Å². The van der Waals surface area contributed by atoms with Crippen LogP contribution in [0.3, 0.4) is 0 Å². The lowest BCUT2D eigenvalue weighted by molar-refractivity contribution is 0.209. The molecule has 0 bridgehead atoms. The molecule has 0 unspecified atom stereocenters. The van der Waals surface area contributed by atoms with E-state index in [2.05, 4.69) is 6.92 Å². The molecule has 0 saturated heterocycles. The van der Waals surface area contributed by atoms with Crippen LogP contribution in [-0.4, -0.2) is 17.9 Å². The van der Waals surface area contributed by atoms with Gasteiger partial charge in [-0.2, -0.15) is 0 Å². The summed E-state index contributed by atoms with van der Waals surface area (Å²) in [6, 6.07) is 0. The lowest BCUT2D eigenvalue weighted by Crippen LogP contribution is -2.02. The van der Waals surface area contributed by atoms with Gasteiger partial charge in [0.1, 0.15) is 6.17 Å². The summed E-state index contributed by atoms with van der Waals surface area (Å²) in [6.07, 6.45) is 3.34. The zero-order chi connectivity index (χ0) is 7.82. The molecule has 0 amide bonds. The summed E-state index contributed by atoms with van der Waals surface area (Å²) in [4.78, 5) is 0. The summed E-state index contributed by atoms with van der Waals surface area (Å²) in [6.45, 7) is 2.08. The Morgan fingerprint density at radius 3 is 2.50 bits per heavy atom. The maximum Gasteiger partial charge on any atom is 0.102 e. The van der Waals surface area contributed by atoms with Crippen LogP contribution in [0.2, 0.25) is 0 Å². The van der Waals surface area contributed by atoms with E-state index in [4.69, 9.17) is 5.11 Å². The van der Waals surface area contributed by atoms with Crippen LogP contribution in [-0.2, 0) is 0 Å². The van der Waals surface area contributed by atoms with E-state index in [1.54, 1.807) is 0 Å². The second-order valence-corrected chi connectivity index (χ2v) is 2.61. The maximum absolute atomic E-state index is 12.6. The number of halogens is 1. The highest BCUT2D eigenvalue weighted by molar-refractivity contribution is 4.54. The van der Waals surface area contributed by atoms with Gasteiger partial charge < -0.3 is 5.11 Å². The van der Waals surface area contributed by atoms with Crippen molar-refractivity contribution >= 4 is 0 Å². The second kappa shape index (κ2) is 7.00. The third-order valence-electron chi connectivity index (χ3n) is 1.56. The third-order valence-corrected chi connectivity index (χ3v) is 1.56. The highest BCUT2D eigenvalue weighted by Gasteiger charge is 2.03. The molecule has 0 spiro atoms. The lowest BCUT2D eigenvalue weighted by atomic mass is 10.1. The van der Waals surface area contributed by atoms with E-state index in [9.17, 15) is 4.39 Å². The van der Waals surface area contributed by atoms with Crippen LogP contribution in [0.5, 0.6) is 0 Å². The average molecular weight is 148 g/mol. The SMILES string of the molecule is CCCCC[C@H](F)CCO. The molecule has 1 N–H and O–H groups in total. The smallest absolute Gasteiger partial charge is 0.102 e. The fourth-order valence-corrected chi connectivity index (χ4v) is 0.900. The predicted molar refractivity (Wildman–Crippen MR) is 40.7 cm³/mol. The number of hydrogen-bond donors (Lipinski definition) is 1. The van der Waals surface area contributed by atoms with Gasteiger partial charge in [-0.25, -0.2) is 4.39 Å². The molecule has 0 aromatic rings. The first-order valence-corrected chi connectivity index (χ1v) is 4.06. The van der Waals surface area contributed by atoms with Gasteiger partial charge in [-0.15, -0.1) is 0 Å². The molecule has 0 aromatic heterocycles. The van der Waals surface area contributed by atoms with Crippen molar-refractivity contribution in [3.63, 3.8) is 0 Å². The van der Waals surface area contributed by atoms with Crippen LogP contribution in [0.15, 0.2) is 0 Å². The quantitative estimate of drug-likeness (QED) is 0.573. The topological polar surface area (TPSA) is 20.2 Å². The lowest BCUT2D eigenvalue weighted by Gasteiger charge is -2.03. The molecule has 0 rings (SSSR count). The van der Waals surface area contributed by atoms with Crippen molar-refractivity contribution in [1.82, 2.24) is 0 Å². The van der Waals surface area contributed by atoms with E-state index in [0.717, 1.165) is 19.3 Å². The summed E-state index contributed by atoms with van der Waals surface area (Å²) in [5, 5.41) is 8.35. The number of hydrogen-bond acceptors (Lipinski definition) is 1. The van der Waals surface area contributed by atoms with E-state index in [1.165, 1.54) is 0 Å². The minimum atomic E-state index is -0.781. The number of rotatable bonds is 6. The van der Waals surface area contributed by atoms with Gasteiger partial charge in [0, 0.05) is 13.0 Å². The Bertz CT molecular complexity index is 66.3. The number of aliphatic hydroxyl groups is 1. The van der Waals surface area contributed by atoms with Crippen LogP contribution in [0, 0.1) is 0 Å². The molecule has 1 nitrogen and oxygen atoms in total. The first kappa shape index (κ1) is 9.89. The molecule has 0 aliphatic carbocycles. The van der Waals surface area contributed by atoms with Crippen molar-refractivity contribution in [2.75, 3.05) is 6.61 Å². The molecule has 0 aromatic carbocycles. The fraction of sp³-hybridized carbons (Fsp3) is 1.00. The van der Waals surface area contributed by atoms with Crippen molar-refractivity contribution in [3.8, 4) is 0 Å². The standard InChI is InChI=1S/C8H17FO/c1-2-3-4-5-8(9)6-7-10/h8,10H,2-7H2,1H3/t8-/m0/s1. The Kier molecular flexibility index (Phi) is 6.93. The largest absolute Gasteiger partial charge is 0.396 e. The van der Waals surface area contributed by atoms with Gasteiger partial charge in [-0.3, -0.25) is 0 Å². The zero-order valence-electron chi connectivity index (χ0n) is 6.65. The Morgan fingerprint density at radius 1 is 1.30 bits per heavy atom. The van der Waals surface area contributed by atoms with E-state index in [0.29, 0.717) is 12.8 Å². The van der Waals surface area contributed by atoms with E-state index >= 15 is 0 Å². The van der Waals surface area contributed by atoms with Crippen LogP contribution in [0.4, 0.5) is 4.39 Å². The highest BCUT2D eigenvalue weighted by Crippen LogP contribution is 2.08. The van der Waals surface area contributed by atoms with Crippen molar-refractivity contribution in [2.24, 2.45) is 0 Å². The van der Waals surface area contributed by atoms with Gasteiger partial charge >= 0.3 is 0 Å². The Hall–Kier alpha value is -0.110. The van der Waals surface area contributed by atoms with E-state index < -0.39 is 6.17 Å². The van der Waals surface area contributed by atoms with E-state index in [-0.39, 0.29) is 6.61 Å². The van der Waals surface area contributed by atoms with Crippen molar-refractivity contribution in [1.29, 1.82) is 0 Å². The van der Waals surface area contributed by atoms with Gasteiger partial charge in [0.2, 0.25) is 0 Å². The summed E-state index contributed by atoms with van der Waals surface area (Å²) < 4.78 is 12.6. The van der Waals surface area contributed by atoms with Crippen LogP contribution in [0.1, 0.15) is 39.0 Å². The molecular formula is C8H17FO. The molecule has 62 valence electrons. The molecule has 0 aliphatic heterocycles. The summed E-state index contributed by atoms with van der Waals surface area (Å²) in [5.74, 6) is 0. The molecule has 2 heteroatoms. The van der Waals surface area contributed by atoms with Crippen LogP contribution >= 0.6 is 0 Å². The van der Waals surface area contributed by atoms with Crippen molar-refractivity contribution < 1.29 is 9.50 Å². The fourth-order valence-electron chi connectivity index (χ4n) is 0.900. The third kappa shape index (κ3) is 6.02. The minimum absolute atomic E-state index is 0.0205. The maximum atomic E-state index is 12.6. The van der Waals surface area contributed by atoms with E-state index in [1.807, 2.05) is 0 Å². The molecule has 1 atom stereocenters. The van der Waals surface area contributed by atoms with Crippen LogP contribution < -0.4 is 0 Å². The van der Waals surface area contributed by atoms with Crippen molar-refractivity contribution in [2.45, 2.75) is 45.2 Å². The number of alkyl halides is 1. The molecule has 0 heterocycles. The molecule has 0 fully saturated rings.